The van der Waals surface area contributed by atoms with Gasteiger partial charge < -0.3 is 4.42 Å². The molecule has 4 nitrogen and oxygen atoms in total. The van der Waals surface area contributed by atoms with Gasteiger partial charge >= 0.3 is 0 Å². The van der Waals surface area contributed by atoms with Crippen molar-refractivity contribution in [3.8, 4) is 67.5 Å². The van der Waals surface area contributed by atoms with Crippen molar-refractivity contribution in [2.75, 3.05) is 0 Å². The molecule has 0 atom stereocenters. The Labute approximate surface area is 299 Å². The minimum Gasteiger partial charge on any atom is -0.455 e. The summed E-state index contributed by atoms with van der Waals surface area (Å²) in [5, 5.41) is -0.357. The van der Waals surface area contributed by atoms with E-state index < -0.39 is 72.0 Å². The number of benzene rings is 7. The van der Waals surface area contributed by atoms with Crippen LogP contribution in [0.1, 0.15) is 15.1 Å². The first-order valence-electron chi connectivity index (χ1n) is 21.0. The van der Waals surface area contributed by atoms with Gasteiger partial charge in [0.1, 0.15) is 11.2 Å². The van der Waals surface area contributed by atoms with E-state index in [9.17, 15) is 1.37 Å². The average molecular weight is 639 g/mol. The second-order valence-corrected chi connectivity index (χ2v) is 11.2. The predicted octanol–water partition coefficient (Wildman–Crippen LogP) is 11.8. The van der Waals surface area contributed by atoms with Crippen LogP contribution >= 0.6 is 0 Å². The second-order valence-electron chi connectivity index (χ2n) is 11.2. The van der Waals surface area contributed by atoms with Gasteiger partial charge in [-0.2, -0.15) is 0 Å². The summed E-state index contributed by atoms with van der Waals surface area (Å²) in [4.78, 5) is 14.5. The fourth-order valence-electron chi connectivity index (χ4n) is 5.83. The summed E-state index contributed by atoms with van der Waals surface area (Å²) < 4.78 is 102. The highest BCUT2D eigenvalue weighted by molar-refractivity contribution is 6.15. The molecule has 2 heterocycles. The zero-order valence-corrected chi connectivity index (χ0v) is 25.6. The van der Waals surface area contributed by atoms with E-state index in [1.807, 2.05) is 109 Å². The Kier molecular flexibility index (Phi) is 4.78. The smallest absolute Gasteiger partial charge is 0.167 e. The number of rotatable bonds is 6. The molecule has 0 saturated heterocycles. The maximum atomic E-state index is 9.21. The molecule has 0 saturated carbocycles. The van der Waals surface area contributed by atoms with Crippen LogP contribution in [0.3, 0.4) is 0 Å². The molecule has 0 radical (unpaired) electrons. The average Bonchev–Trinajstić information content (AvgIpc) is 3.68. The van der Waals surface area contributed by atoms with Gasteiger partial charge in [-0.3, -0.25) is 0 Å². The van der Waals surface area contributed by atoms with E-state index in [-0.39, 0.29) is 50.5 Å². The first kappa shape index (κ1) is 19.2. The van der Waals surface area contributed by atoms with Crippen molar-refractivity contribution in [1.29, 1.82) is 0 Å². The molecule has 0 aliphatic heterocycles. The molecule has 9 aromatic rings. The monoisotopic (exact) mass is 638 g/mol. The van der Waals surface area contributed by atoms with Crippen molar-refractivity contribution >= 4 is 21.9 Å². The van der Waals surface area contributed by atoms with Crippen LogP contribution in [0.2, 0.25) is 0 Å². The molecule has 0 aliphatic carbocycles. The lowest BCUT2D eigenvalue weighted by Gasteiger charge is -2.10. The SMILES string of the molecule is [2H]c1c([2H])c([2H])c(-c2c([2H])c([2H])c([2H])c3oc4c(-c5nc(-c6ccc(-c7ccccc7)cc6)nc(-c6ccc(-c7ccccc7)cc6)n5)c([2H])c([2H])c([2H])c4c23)c([2H])c1[2H]. The first-order valence-corrected chi connectivity index (χ1v) is 15.5. The molecule has 0 bridgehead atoms. The van der Waals surface area contributed by atoms with Crippen LogP contribution in [0.25, 0.3) is 89.5 Å². The third-order valence-corrected chi connectivity index (χ3v) is 8.23. The molecule has 0 spiro atoms. The van der Waals surface area contributed by atoms with Crippen LogP contribution in [-0.4, -0.2) is 15.0 Å². The maximum absolute atomic E-state index is 9.21. The van der Waals surface area contributed by atoms with Crippen molar-refractivity contribution in [3.05, 3.63) is 176 Å². The molecule has 0 N–H and O–H groups in total. The van der Waals surface area contributed by atoms with Crippen LogP contribution in [0.4, 0.5) is 0 Å². The highest BCUT2D eigenvalue weighted by atomic mass is 16.3. The van der Waals surface area contributed by atoms with Crippen LogP contribution in [0.15, 0.2) is 180 Å². The van der Waals surface area contributed by atoms with Gasteiger partial charge in [-0.25, -0.2) is 15.0 Å². The lowest BCUT2D eigenvalue weighted by Crippen LogP contribution is -2.00. The molecule has 7 aromatic carbocycles. The van der Waals surface area contributed by atoms with Crippen LogP contribution in [0, 0.1) is 0 Å². The normalized spacial score (nSPS) is 14.4. The predicted molar refractivity (Wildman–Crippen MR) is 200 cm³/mol. The Bertz CT molecular complexity index is 3060. The first-order chi connectivity index (χ1) is 28.8. The number of hydrogen-bond acceptors (Lipinski definition) is 4. The number of furan rings is 1. The summed E-state index contributed by atoms with van der Waals surface area (Å²) in [5.41, 5.74) is 3.66. The summed E-state index contributed by atoms with van der Waals surface area (Å²) in [6.45, 7) is 0. The van der Waals surface area contributed by atoms with Crippen molar-refractivity contribution in [1.82, 2.24) is 15.0 Å². The van der Waals surface area contributed by atoms with E-state index in [1.165, 1.54) is 0 Å². The Morgan fingerprint density at radius 3 is 1.47 bits per heavy atom. The van der Waals surface area contributed by atoms with E-state index in [1.54, 1.807) is 0 Å². The third kappa shape index (κ3) is 5.35. The number of nitrogens with zero attached hydrogens (tertiary/aromatic N) is 3. The van der Waals surface area contributed by atoms with Crippen molar-refractivity contribution < 1.29 is 19.5 Å². The number of para-hydroxylation sites is 1. The molecule has 230 valence electrons. The fourth-order valence-corrected chi connectivity index (χ4v) is 5.83. The summed E-state index contributed by atoms with van der Waals surface area (Å²) in [6, 6.07) is 27.9. The largest absolute Gasteiger partial charge is 0.455 e. The second kappa shape index (κ2) is 12.2. The Balaban J connectivity index is 1.33. The highest BCUT2D eigenvalue weighted by Gasteiger charge is 2.19. The summed E-state index contributed by atoms with van der Waals surface area (Å²) >= 11 is 0. The Hall–Kier alpha value is -6.65. The molecule has 2 aromatic heterocycles. The van der Waals surface area contributed by atoms with Crippen LogP contribution < -0.4 is 0 Å². The zero-order valence-electron chi connectivity index (χ0n) is 36.6. The minimum atomic E-state index is -0.687. The molecule has 0 amide bonds. The summed E-state index contributed by atoms with van der Waals surface area (Å²) in [7, 11) is 0. The molecule has 49 heavy (non-hydrogen) atoms. The molecule has 9 rings (SSSR count). The zero-order chi connectivity index (χ0) is 42.1. The fraction of sp³-hybridized carbons (Fsp3) is 0. The van der Waals surface area contributed by atoms with E-state index in [0.29, 0.717) is 11.1 Å². The van der Waals surface area contributed by atoms with Gasteiger partial charge in [-0.15, -0.1) is 0 Å². The van der Waals surface area contributed by atoms with Gasteiger partial charge in [0.2, 0.25) is 0 Å². The quantitative estimate of drug-likeness (QED) is 0.182. The van der Waals surface area contributed by atoms with Gasteiger partial charge in [0, 0.05) is 21.9 Å². The van der Waals surface area contributed by atoms with Gasteiger partial charge in [0.25, 0.3) is 0 Å². The van der Waals surface area contributed by atoms with Gasteiger partial charge in [-0.05, 0) is 45.5 Å². The molecule has 0 fully saturated rings. The summed E-state index contributed by atoms with van der Waals surface area (Å²) in [5.74, 6) is 0.328. The van der Waals surface area contributed by atoms with E-state index >= 15 is 0 Å². The molecule has 4 heteroatoms. The van der Waals surface area contributed by atoms with Crippen molar-refractivity contribution in [2.45, 2.75) is 0 Å². The molecular formula is C45H29N3O. The van der Waals surface area contributed by atoms with Gasteiger partial charge in [0.05, 0.1) is 20.6 Å². The van der Waals surface area contributed by atoms with E-state index in [4.69, 9.17) is 33.1 Å². The Morgan fingerprint density at radius 1 is 0.388 bits per heavy atom. The van der Waals surface area contributed by atoms with E-state index in [2.05, 4.69) is 0 Å². The van der Waals surface area contributed by atoms with Crippen molar-refractivity contribution in [2.24, 2.45) is 0 Å². The van der Waals surface area contributed by atoms with Gasteiger partial charge in [0.15, 0.2) is 17.5 Å². The standard InChI is InChI=1S/C45H29N3O/c1-4-12-30(13-5-1)32-22-26-35(27-23-32)43-46-44(36-28-24-33(25-29-36)31-14-6-2-7-15-31)48-45(47-43)39-20-10-19-38-41-37(34-16-8-3-9-17-34)18-11-21-40(41)49-42(38)39/h1-29H/i3D,8D,9D,10D,11D,16D,17D,18D,19D,20D,21D. The molecule has 0 aliphatic rings. The van der Waals surface area contributed by atoms with Crippen LogP contribution in [-0.2, 0) is 0 Å². The lowest BCUT2D eigenvalue weighted by atomic mass is 9.99. The van der Waals surface area contributed by atoms with E-state index in [0.717, 1.165) is 22.3 Å². The topological polar surface area (TPSA) is 51.8 Å². The highest BCUT2D eigenvalue weighted by Crippen LogP contribution is 2.40. The molecular weight excluding hydrogens is 599 g/mol. The lowest BCUT2D eigenvalue weighted by molar-refractivity contribution is 0.669. The van der Waals surface area contributed by atoms with Gasteiger partial charge in [-0.1, -0.05) is 164 Å². The van der Waals surface area contributed by atoms with Crippen LogP contribution in [0.5, 0.6) is 0 Å². The summed E-state index contributed by atoms with van der Waals surface area (Å²) in [6.07, 6.45) is 0. The maximum Gasteiger partial charge on any atom is 0.167 e. The number of hydrogen-bond donors (Lipinski definition) is 0. The number of fused-ring (bicyclic) bond motifs is 3. The Morgan fingerprint density at radius 2 is 0.878 bits per heavy atom. The minimum absolute atomic E-state index is 0.107. The third-order valence-electron chi connectivity index (χ3n) is 8.23. The molecule has 0 unspecified atom stereocenters. The van der Waals surface area contributed by atoms with Crippen molar-refractivity contribution in [3.63, 3.8) is 0 Å². The number of aromatic nitrogens is 3.